The molecule has 0 bridgehead atoms. The number of fused-ring (bicyclic) bond motifs is 2. The molecule has 2 aliphatic heterocycles. The van der Waals surface area contributed by atoms with E-state index < -0.39 is 0 Å². The zero-order valence-corrected chi connectivity index (χ0v) is 12.0. The van der Waals surface area contributed by atoms with Crippen molar-refractivity contribution in [1.82, 2.24) is 10.6 Å². The number of rotatable bonds is 3. The fourth-order valence-corrected chi connectivity index (χ4v) is 2.77. The molecule has 2 aromatic rings. The van der Waals surface area contributed by atoms with Crippen LogP contribution in [0, 0.1) is 0 Å². The Morgan fingerprint density at radius 1 is 1.05 bits per heavy atom. The van der Waals surface area contributed by atoms with Gasteiger partial charge in [0.25, 0.3) is 5.91 Å². The first-order valence-electron chi connectivity index (χ1n) is 7.29. The number of hydrogen-bond donors (Lipinski definition) is 2. The highest BCUT2D eigenvalue weighted by molar-refractivity contribution is 5.94. The summed E-state index contributed by atoms with van der Waals surface area (Å²) in [6.07, 6.45) is 0. The lowest BCUT2D eigenvalue weighted by Crippen LogP contribution is -2.22. The van der Waals surface area contributed by atoms with Crippen molar-refractivity contribution < 1.29 is 14.3 Å². The minimum Gasteiger partial charge on any atom is -0.454 e. The quantitative estimate of drug-likeness (QED) is 0.909. The third-order valence-electron chi connectivity index (χ3n) is 3.99. The minimum absolute atomic E-state index is 0.0626. The average Bonchev–Trinajstić information content (AvgIpc) is 3.19. The van der Waals surface area contributed by atoms with Gasteiger partial charge in [-0.2, -0.15) is 0 Å². The average molecular weight is 296 g/mol. The van der Waals surface area contributed by atoms with Crippen LogP contribution in [-0.4, -0.2) is 12.7 Å². The van der Waals surface area contributed by atoms with Crippen molar-refractivity contribution in [3.05, 3.63) is 58.7 Å². The van der Waals surface area contributed by atoms with E-state index >= 15 is 0 Å². The first-order chi connectivity index (χ1) is 10.8. The third-order valence-corrected chi connectivity index (χ3v) is 3.99. The maximum Gasteiger partial charge on any atom is 0.251 e. The van der Waals surface area contributed by atoms with E-state index in [1.54, 1.807) is 0 Å². The molecule has 5 nitrogen and oxygen atoms in total. The first kappa shape index (κ1) is 13.2. The van der Waals surface area contributed by atoms with Gasteiger partial charge in [-0.15, -0.1) is 0 Å². The van der Waals surface area contributed by atoms with Crippen molar-refractivity contribution in [2.45, 2.75) is 19.6 Å². The van der Waals surface area contributed by atoms with E-state index in [-0.39, 0.29) is 12.7 Å². The largest absolute Gasteiger partial charge is 0.454 e. The predicted octanol–water partition coefficient (Wildman–Crippen LogP) is 1.95. The monoisotopic (exact) mass is 296 g/mol. The fraction of sp³-hybridized carbons (Fsp3) is 0.235. The van der Waals surface area contributed by atoms with Crippen LogP contribution in [0.25, 0.3) is 0 Å². The molecular formula is C17H16N2O3. The Balaban J connectivity index is 1.44. The molecule has 0 atom stereocenters. The maximum absolute atomic E-state index is 12.3. The molecule has 112 valence electrons. The number of carbonyl (C=O) groups excluding carboxylic acids is 1. The van der Waals surface area contributed by atoms with E-state index in [9.17, 15) is 4.79 Å². The SMILES string of the molecule is O=C(NCc1ccc2c(c1)OCO2)c1ccc2c(c1)CNC2. The van der Waals surface area contributed by atoms with Gasteiger partial charge in [0.1, 0.15) is 0 Å². The summed E-state index contributed by atoms with van der Waals surface area (Å²) in [7, 11) is 0. The van der Waals surface area contributed by atoms with Gasteiger partial charge in [0.2, 0.25) is 6.79 Å². The van der Waals surface area contributed by atoms with Gasteiger partial charge in [-0.1, -0.05) is 12.1 Å². The van der Waals surface area contributed by atoms with Crippen LogP contribution in [0.2, 0.25) is 0 Å². The lowest BCUT2D eigenvalue weighted by Gasteiger charge is -2.07. The highest BCUT2D eigenvalue weighted by Gasteiger charge is 2.15. The van der Waals surface area contributed by atoms with Crippen molar-refractivity contribution >= 4 is 5.91 Å². The van der Waals surface area contributed by atoms with E-state index in [1.165, 1.54) is 11.1 Å². The number of hydrogen-bond acceptors (Lipinski definition) is 4. The Hall–Kier alpha value is -2.53. The predicted molar refractivity (Wildman–Crippen MR) is 80.7 cm³/mol. The molecule has 0 aliphatic carbocycles. The van der Waals surface area contributed by atoms with Crippen molar-refractivity contribution in [2.24, 2.45) is 0 Å². The number of amides is 1. The molecule has 2 aliphatic rings. The Kier molecular flexibility index (Phi) is 3.20. The molecule has 0 aromatic heterocycles. The Bertz CT molecular complexity index is 743. The van der Waals surface area contributed by atoms with Crippen LogP contribution in [-0.2, 0) is 19.6 Å². The van der Waals surface area contributed by atoms with Crippen LogP contribution in [0.15, 0.2) is 36.4 Å². The Labute approximate surface area is 128 Å². The topological polar surface area (TPSA) is 59.6 Å². The van der Waals surface area contributed by atoms with E-state index in [0.29, 0.717) is 12.1 Å². The van der Waals surface area contributed by atoms with Gasteiger partial charge in [0.05, 0.1) is 0 Å². The van der Waals surface area contributed by atoms with Crippen molar-refractivity contribution in [1.29, 1.82) is 0 Å². The van der Waals surface area contributed by atoms with Crippen LogP contribution >= 0.6 is 0 Å². The summed E-state index contributed by atoms with van der Waals surface area (Å²) < 4.78 is 10.6. The molecule has 2 N–H and O–H groups in total. The Morgan fingerprint density at radius 2 is 1.91 bits per heavy atom. The van der Waals surface area contributed by atoms with Gasteiger partial charge in [-0.3, -0.25) is 4.79 Å². The number of nitrogens with one attached hydrogen (secondary N) is 2. The van der Waals surface area contributed by atoms with Crippen LogP contribution in [0.3, 0.4) is 0 Å². The molecule has 0 spiro atoms. The molecule has 2 aromatic carbocycles. The van der Waals surface area contributed by atoms with Crippen LogP contribution in [0.1, 0.15) is 27.0 Å². The molecule has 0 radical (unpaired) electrons. The standard InChI is InChI=1S/C17H16N2O3/c20-17(12-2-3-13-8-18-9-14(13)6-12)19-7-11-1-4-15-16(5-11)22-10-21-15/h1-6,18H,7-10H2,(H,19,20). The highest BCUT2D eigenvalue weighted by atomic mass is 16.7. The molecule has 0 fully saturated rings. The molecular weight excluding hydrogens is 280 g/mol. The highest BCUT2D eigenvalue weighted by Crippen LogP contribution is 2.32. The second-order valence-corrected chi connectivity index (χ2v) is 5.46. The van der Waals surface area contributed by atoms with E-state index in [2.05, 4.69) is 10.6 Å². The molecule has 4 rings (SSSR count). The first-order valence-corrected chi connectivity index (χ1v) is 7.29. The number of ether oxygens (including phenoxy) is 2. The lowest BCUT2D eigenvalue weighted by molar-refractivity contribution is 0.0950. The summed E-state index contributed by atoms with van der Waals surface area (Å²) in [5.41, 5.74) is 4.16. The third kappa shape index (κ3) is 2.40. The summed E-state index contributed by atoms with van der Waals surface area (Å²) >= 11 is 0. The fourth-order valence-electron chi connectivity index (χ4n) is 2.77. The summed E-state index contributed by atoms with van der Waals surface area (Å²) in [4.78, 5) is 12.3. The van der Waals surface area contributed by atoms with Crippen LogP contribution in [0.5, 0.6) is 11.5 Å². The van der Waals surface area contributed by atoms with E-state index in [1.807, 2.05) is 36.4 Å². The molecule has 0 saturated heterocycles. The molecule has 1 amide bonds. The summed E-state index contributed by atoms with van der Waals surface area (Å²) in [6.45, 7) is 2.44. The molecule has 2 heterocycles. The summed E-state index contributed by atoms with van der Waals surface area (Å²) in [5, 5.41) is 6.22. The van der Waals surface area contributed by atoms with Crippen molar-refractivity contribution in [2.75, 3.05) is 6.79 Å². The smallest absolute Gasteiger partial charge is 0.251 e. The van der Waals surface area contributed by atoms with Crippen molar-refractivity contribution in [3.8, 4) is 11.5 Å². The number of carbonyl (C=O) groups is 1. The molecule has 0 saturated carbocycles. The molecule has 5 heteroatoms. The lowest BCUT2D eigenvalue weighted by atomic mass is 10.1. The van der Waals surface area contributed by atoms with E-state index in [4.69, 9.17) is 9.47 Å². The zero-order valence-electron chi connectivity index (χ0n) is 12.0. The van der Waals surface area contributed by atoms with Gasteiger partial charge in [-0.05, 0) is 41.0 Å². The zero-order chi connectivity index (χ0) is 14.9. The van der Waals surface area contributed by atoms with Gasteiger partial charge in [0.15, 0.2) is 11.5 Å². The second kappa shape index (κ2) is 5.35. The number of benzene rings is 2. The molecule has 22 heavy (non-hydrogen) atoms. The normalized spacial score (nSPS) is 14.7. The Morgan fingerprint density at radius 3 is 2.86 bits per heavy atom. The molecule has 0 unspecified atom stereocenters. The van der Waals surface area contributed by atoms with Gasteiger partial charge in [0, 0.05) is 25.2 Å². The second-order valence-electron chi connectivity index (χ2n) is 5.46. The van der Waals surface area contributed by atoms with E-state index in [0.717, 1.165) is 30.2 Å². The van der Waals surface area contributed by atoms with Gasteiger partial charge >= 0.3 is 0 Å². The van der Waals surface area contributed by atoms with Gasteiger partial charge in [-0.25, -0.2) is 0 Å². The van der Waals surface area contributed by atoms with Gasteiger partial charge < -0.3 is 20.1 Å². The summed E-state index contributed by atoms with van der Waals surface area (Å²) in [6, 6.07) is 11.6. The summed E-state index contributed by atoms with van der Waals surface area (Å²) in [5.74, 6) is 1.42. The minimum atomic E-state index is -0.0626. The van der Waals surface area contributed by atoms with Crippen LogP contribution < -0.4 is 20.1 Å². The van der Waals surface area contributed by atoms with Crippen molar-refractivity contribution in [3.63, 3.8) is 0 Å². The van der Waals surface area contributed by atoms with Crippen LogP contribution in [0.4, 0.5) is 0 Å². The maximum atomic E-state index is 12.3.